The highest BCUT2D eigenvalue weighted by Gasteiger charge is 2.19. The molecule has 276 valence electrons. The molecule has 0 radical (unpaired) electrons. The molecule has 15 nitrogen and oxygen atoms in total. The lowest BCUT2D eigenvalue weighted by Crippen LogP contribution is -2.37. The zero-order valence-electron chi connectivity index (χ0n) is 30.8. The van der Waals surface area contributed by atoms with Crippen LogP contribution in [0.5, 0.6) is 5.75 Å². The first-order chi connectivity index (χ1) is 24.2. The molecule has 0 bridgehead atoms. The molecule has 0 spiro atoms. The fraction of sp³-hybridized carbons (Fsp3) is 0.444. The maximum Gasteiger partial charge on any atom is 0.407 e. The molecule has 5 N–H and O–H groups in total. The number of anilines is 1. The Hall–Kier alpha value is -5.60. The van der Waals surface area contributed by atoms with Crippen molar-refractivity contribution in [1.82, 2.24) is 34.9 Å². The van der Waals surface area contributed by atoms with Crippen LogP contribution < -0.4 is 26.4 Å². The smallest absolute Gasteiger partial charge is 0.407 e. The first-order valence-electron chi connectivity index (χ1n) is 17.1. The molecule has 0 atom stereocenters. The van der Waals surface area contributed by atoms with Gasteiger partial charge in [-0.05, 0) is 83.0 Å². The third kappa shape index (κ3) is 11.8. The third-order valence-electron chi connectivity index (χ3n) is 7.23. The Labute approximate surface area is 298 Å². The average molecular weight is 706 g/mol. The van der Waals surface area contributed by atoms with Crippen LogP contribution in [0, 0.1) is 6.92 Å². The maximum absolute atomic E-state index is 13.2. The number of aromatic nitrogens is 4. The van der Waals surface area contributed by atoms with Crippen molar-refractivity contribution in [2.75, 3.05) is 32.1 Å². The molecule has 5 amide bonds. The standard InChI is InChI=1S/C34H45N9O6.C2H6/c1-7-43-28(18-22(2)40-43)30(45)39-31-38-26-20-24(29(35)44)12-13-27(26)42(31)16-9-14-36-32(46)41(6)21-23-10-8-11-25(19-23)48-17-15-37-33(47)49-34(3,4)5;1-2/h8,10-13,18-20H,7,9,14-17,21H2,1-6H3,(H2,35,44)(H,36,46)(H,37,47)(H,38,39,45);1-2H3. The summed E-state index contributed by atoms with van der Waals surface area (Å²) >= 11 is 0. The number of hydrogen-bond donors (Lipinski definition) is 4. The highest BCUT2D eigenvalue weighted by Crippen LogP contribution is 2.23. The molecule has 4 aromatic rings. The van der Waals surface area contributed by atoms with Gasteiger partial charge in [-0.25, -0.2) is 14.6 Å². The van der Waals surface area contributed by atoms with Crippen molar-refractivity contribution in [3.63, 3.8) is 0 Å². The van der Waals surface area contributed by atoms with Gasteiger partial charge in [-0.1, -0.05) is 26.0 Å². The summed E-state index contributed by atoms with van der Waals surface area (Å²) in [6, 6.07) is 13.8. The monoisotopic (exact) mass is 705 g/mol. The van der Waals surface area contributed by atoms with Crippen LogP contribution in [0.2, 0.25) is 0 Å². The van der Waals surface area contributed by atoms with Crippen LogP contribution in [-0.4, -0.2) is 80.5 Å². The second-order valence-corrected chi connectivity index (χ2v) is 12.5. The van der Waals surface area contributed by atoms with Gasteiger partial charge >= 0.3 is 12.1 Å². The molecule has 0 aliphatic rings. The third-order valence-corrected chi connectivity index (χ3v) is 7.23. The molecule has 0 fully saturated rings. The zero-order chi connectivity index (χ0) is 37.7. The minimum Gasteiger partial charge on any atom is -0.492 e. The van der Waals surface area contributed by atoms with E-state index < -0.39 is 17.6 Å². The summed E-state index contributed by atoms with van der Waals surface area (Å²) < 4.78 is 14.4. The molecule has 51 heavy (non-hydrogen) atoms. The van der Waals surface area contributed by atoms with Crippen molar-refractivity contribution < 1.29 is 28.7 Å². The summed E-state index contributed by atoms with van der Waals surface area (Å²) in [5.74, 6) is -0.0293. The van der Waals surface area contributed by atoms with Gasteiger partial charge in [-0.3, -0.25) is 19.6 Å². The second-order valence-electron chi connectivity index (χ2n) is 12.5. The van der Waals surface area contributed by atoms with Crippen LogP contribution in [0.3, 0.4) is 0 Å². The lowest BCUT2D eigenvalue weighted by atomic mass is 10.2. The second kappa shape index (κ2) is 18.4. The van der Waals surface area contributed by atoms with Crippen LogP contribution in [0.15, 0.2) is 48.5 Å². The van der Waals surface area contributed by atoms with Gasteiger partial charge in [0.15, 0.2) is 0 Å². The van der Waals surface area contributed by atoms with Crippen LogP contribution in [0.1, 0.15) is 80.1 Å². The van der Waals surface area contributed by atoms with Gasteiger partial charge in [0, 0.05) is 38.8 Å². The number of primary amides is 1. The van der Waals surface area contributed by atoms with Gasteiger partial charge < -0.3 is 35.3 Å². The molecule has 2 heterocycles. The largest absolute Gasteiger partial charge is 0.492 e. The van der Waals surface area contributed by atoms with E-state index in [1.165, 1.54) is 0 Å². The molecular weight excluding hydrogens is 654 g/mol. The minimum absolute atomic E-state index is 0.256. The molecule has 2 aromatic carbocycles. The fourth-order valence-corrected chi connectivity index (χ4v) is 5.02. The number of alkyl carbamates (subject to hydrolysis) is 1. The van der Waals surface area contributed by atoms with Crippen molar-refractivity contribution in [1.29, 1.82) is 0 Å². The molecule has 0 unspecified atom stereocenters. The van der Waals surface area contributed by atoms with Crippen molar-refractivity contribution in [3.05, 3.63) is 71.0 Å². The van der Waals surface area contributed by atoms with Crippen LogP contribution in [-0.2, 0) is 24.4 Å². The number of amides is 5. The number of fused-ring (bicyclic) bond motifs is 1. The summed E-state index contributed by atoms with van der Waals surface area (Å²) in [7, 11) is 1.70. The summed E-state index contributed by atoms with van der Waals surface area (Å²) in [5.41, 5.74) is 8.40. The van der Waals surface area contributed by atoms with Crippen molar-refractivity contribution in [2.24, 2.45) is 5.73 Å². The molecule has 0 saturated carbocycles. The van der Waals surface area contributed by atoms with E-state index in [0.717, 1.165) is 11.3 Å². The molecule has 2 aromatic heterocycles. The number of nitrogens with two attached hydrogens (primary N) is 1. The Morgan fingerprint density at radius 3 is 2.43 bits per heavy atom. The van der Waals surface area contributed by atoms with E-state index in [4.69, 9.17) is 15.2 Å². The number of carbonyl (C=O) groups excluding carboxylic acids is 4. The molecule has 0 saturated heterocycles. The lowest BCUT2D eigenvalue weighted by Gasteiger charge is -2.20. The Bertz CT molecular complexity index is 1810. The van der Waals surface area contributed by atoms with E-state index in [-0.39, 0.29) is 25.1 Å². The number of imidazole rings is 1. The highest BCUT2D eigenvalue weighted by molar-refractivity contribution is 6.03. The van der Waals surface area contributed by atoms with Gasteiger partial charge in [0.25, 0.3) is 5.91 Å². The van der Waals surface area contributed by atoms with Crippen molar-refractivity contribution in [2.45, 2.75) is 80.1 Å². The topological polar surface area (TPSA) is 188 Å². The predicted molar refractivity (Wildman–Crippen MR) is 196 cm³/mol. The Kier molecular flexibility index (Phi) is 14.4. The molecule has 0 aliphatic carbocycles. The Morgan fingerprint density at radius 1 is 1.00 bits per heavy atom. The van der Waals surface area contributed by atoms with Crippen molar-refractivity contribution >= 4 is 40.9 Å². The number of ether oxygens (including phenoxy) is 2. The van der Waals surface area contributed by atoms with Gasteiger partial charge in [-0.2, -0.15) is 5.10 Å². The number of nitrogens with zero attached hydrogens (tertiary/aromatic N) is 5. The van der Waals surface area contributed by atoms with E-state index in [1.807, 2.05) is 56.5 Å². The summed E-state index contributed by atoms with van der Waals surface area (Å²) in [4.78, 5) is 55.9. The number of carbonyl (C=O) groups is 4. The van der Waals surface area contributed by atoms with Gasteiger partial charge in [0.2, 0.25) is 11.9 Å². The van der Waals surface area contributed by atoms with Gasteiger partial charge in [0.05, 0.1) is 23.3 Å². The number of hydrogen-bond acceptors (Lipinski definition) is 8. The van der Waals surface area contributed by atoms with Crippen LogP contribution in [0.25, 0.3) is 11.0 Å². The van der Waals surface area contributed by atoms with Crippen LogP contribution in [0.4, 0.5) is 15.5 Å². The van der Waals surface area contributed by atoms with E-state index in [9.17, 15) is 19.2 Å². The van der Waals surface area contributed by atoms with E-state index in [0.29, 0.717) is 66.6 Å². The Balaban J connectivity index is 0.00000345. The van der Waals surface area contributed by atoms with Gasteiger partial charge in [0.1, 0.15) is 23.7 Å². The van der Waals surface area contributed by atoms with E-state index >= 15 is 0 Å². The fourth-order valence-electron chi connectivity index (χ4n) is 5.02. The predicted octanol–water partition coefficient (Wildman–Crippen LogP) is 5.07. The molecule has 15 heteroatoms. The van der Waals surface area contributed by atoms with E-state index in [2.05, 4.69) is 26.0 Å². The minimum atomic E-state index is -0.581. The summed E-state index contributed by atoms with van der Waals surface area (Å²) in [6.07, 6.45) is 0.0196. The Morgan fingerprint density at radius 2 is 1.75 bits per heavy atom. The summed E-state index contributed by atoms with van der Waals surface area (Å²) in [6.45, 7) is 15.3. The van der Waals surface area contributed by atoms with Crippen molar-refractivity contribution in [3.8, 4) is 5.75 Å². The SMILES string of the molecule is CC.CCn1nc(C)cc1C(=O)Nc1nc2cc(C(N)=O)ccc2n1CCCNC(=O)N(C)Cc1cccc(OCCNC(=O)OC(C)(C)C)c1. The normalized spacial score (nSPS) is 10.9. The number of aryl methyl sites for hydroxylation is 3. The molecule has 0 aliphatic heterocycles. The highest BCUT2D eigenvalue weighted by atomic mass is 16.6. The van der Waals surface area contributed by atoms with Gasteiger partial charge in [-0.15, -0.1) is 0 Å². The summed E-state index contributed by atoms with van der Waals surface area (Å²) in [5, 5.41) is 12.8. The quantitative estimate of drug-likeness (QED) is 0.131. The lowest BCUT2D eigenvalue weighted by molar-refractivity contribution is 0.0520. The average Bonchev–Trinajstić information content (AvgIpc) is 3.63. The number of benzene rings is 2. The van der Waals surface area contributed by atoms with E-state index in [1.54, 1.807) is 61.7 Å². The first kappa shape index (κ1) is 39.8. The number of nitrogens with one attached hydrogen (secondary N) is 3. The number of rotatable bonds is 14. The maximum atomic E-state index is 13.2. The first-order valence-corrected chi connectivity index (χ1v) is 17.1. The number of urea groups is 1. The molecular formula is C36H51N9O6. The molecule has 4 rings (SSSR count). The zero-order valence-corrected chi connectivity index (χ0v) is 30.8. The van der Waals surface area contributed by atoms with Crippen LogP contribution >= 0.6 is 0 Å².